The fourth-order valence-electron chi connectivity index (χ4n) is 2.54. The molecule has 1 N–H and O–H groups in total. The van der Waals surface area contributed by atoms with Crippen molar-refractivity contribution in [2.75, 3.05) is 6.54 Å². The van der Waals surface area contributed by atoms with Gasteiger partial charge in [0.25, 0.3) is 5.91 Å². The largest absolute Gasteiger partial charge is 0.351 e. The van der Waals surface area contributed by atoms with E-state index in [2.05, 4.69) is 5.32 Å². The van der Waals surface area contributed by atoms with E-state index in [0.29, 0.717) is 6.54 Å². The Balaban J connectivity index is 1.94. The fourth-order valence-corrected chi connectivity index (χ4v) is 2.54. The maximum absolute atomic E-state index is 13.0. The lowest BCUT2D eigenvalue weighted by atomic mass is 9.91. The van der Waals surface area contributed by atoms with Crippen molar-refractivity contribution in [3.05, 3.63) is 71.0 Å². The Hall–Kier alpha value is -2.16. The molecule has 1 heterocycles. The van der Waals surface area contributed by atoms with Gasteiger partial charge in [-0.05, 0) is 35.7 Å². The number of halogens is 1. The first-order valence-corrected chi connectivity index (χ1v) is 6.35. The van der Waals surface area contributed by atoms with E-state index in [0.717, 1.165) is 23.1 Å². The number of carbonyl (C=O) groups is 1. The molecule has 2 nitrogen and oxygen atoms in total. The van der Waals surface area contributed by atoms with Crippen LogP contribution in [-0.4, -0.2) is 12.5 Å². The van der Waals surface area contributed by atoms with Gasteiger partial charge in [0.05, 0.1) is 0 Å². The first-order valence-electron chi connectivity index (χ1n) is 6.35. The lowest BCUT2D eigenvalue weighted by Gasteiger charge is -2.14. The molecule has 0 fully saturated rings. The van der Waals surface area contributed by atoms with Crippen molar-refractivity contribution in [3.8, 4) is 0 Å². The zero-order chi connectivity index (χ0) is 13.2. The lowest BCUT2D eigenvalue weighted by molar-refractivity contribution is 0.0954. The number of hydrogen-bond acceptors (Lipinski definition) is 1. The summed E-state index contributed by atoms with van der Waals surface area (Å²) in [5, 5.41) is 2.93. The van der Waals surface area contributed by atoms with Crippen LogP contribution in [0.4, 0.5) is 4.39 Å². The molecule has 0 spiro atoms. The van der Waals surface area contributed by atoms with Crippen LogP contribution >= 0.6 is 0 Å². The second kappa shape index (κ2) is 4.84. The van der Waals surface area contributed by atoms with Gasteiger partial charge in [0.15, 0.2) is 0 Å². The molecule has 0 aliphatic carbocycles. The van der Waals surface area contributed by atoms with Crippen LogP contribution in [0.25, 0.3) is 0 Å². The van der Waals surface area contributed by atoms with Crippen molar-refractivity contribution in [2.24, 2.45) is 0 Å². The molecule has 19 heavy (non-hydrogen) atoms. The van der Waals surface area contributed by atoms with Crippen LogP contribution in [0.1, 0.15) is 27.4 Å². The van der Waals surface area contributed by atoms with Gasteiger partial charge in [-0.25, -0.2) is 4.39 Å². The first kappa shape index (κ1) is 11.9. The van der Waals surface area contributed by atoms with Crippen molar-refractivity contribution in [1.29, 1.82) is 0 Å². The minimum Gasteiger partial charge on any atom is -0.351 e. The summed E-state index contributed by atoms with van der Waals surface area (Å²) >= 11 is 0. The fraction of sp³-hybridized carbons (Fsp3) is 0.188. The summed E-state index contributed by atoms with van der Waals surface area (Å²) in [5.41, 5.74) is 2.84. The SMILES string of the molecule is O=C1NC[C@@H](c2ccc(F)cc2)Cc2ccccc21. The van der Waals surface area contributed by atoms with Gasteiger partial charge >= 0.3 is 0 Å². The predicted octanol–water partition coefficient (Wildman–Crippen LogP) is 2.90. The predicted molar refractivity (Wildman–Crippen MR) is 71.6 cm³/mol. The Bertz CT molecular complexity index is 606. The summed E-state index contributed by atoms with van der Waals surface area (Å²) in [5.74, 6) is -0.0739. The number of hydrogen-bond donors (Lipinski definition) is 1. The Morgan fingerprint density at radius 2 is 1.79 bits per heavy atom. The summed E-state index contributed by atoms with van der Waals surface area (Å²) in [6.45, 7) is 0.582. The van der Waals surface area contributed by atoms with E-state index in [4.69, 9.17) is 0 Å². The molecule has 0 saturated carbocycles. The van der Waals surface area contributed by atoms with Crippen LogP contribution in [0.15, 0.2) is 48.5 Å². The second-order valence-corrected chi connectivity index (χ2v) is 4.82. The van der Waals surface area contributed by atoms with Crippen molar-refractivity contribution in [2.45, 2.75) is 12.3 Å². The third-order valence-electron chi connectivity index (χ3n) is 3.58. The Kier molecular flexibility index (Phi) is 3.03. The van der Waals surface area contributed by atoms with Crippen LogP contribution in [-0.2, 0) is 6.42 Å². The zero-order valence-electron chi connectivity index (χ0n) is 10.4. The standard InChI is InChI=1S/C16H14FNO/c17-14-7-5-11(6-8-14)13-9-12-3-1-2-4-15(12)16(19)18-10-13/h1-8,13H,9-10H2,(H,18,19)/t13-/m0/s1. The maximum atomic E-state index is 13.0. The molecule has 1 amide bonds. The molecule has 3 heteroatoms. The summed E-state index contributed by atoms with van der Waals surface area (Å²) in [7, 11) is 0. The van der Waals surface area contributed by atoms with Gasteiger partial charge in [0.1, 0.15) is 5.82 Å². The molecule has 1 aliphatic rings. The van der Waals surface area contributed by atoms with E-state index in [1.165, 1.54) is 12.1 Å². The van der Waals surface area contributed by atoms with Crippen molar-refractivity contribution in [1.82, 2.24) is 5.32 Å². The molecular formula is C16H14FNO. The highest BCUT2D eigenvalue weighted by atomic mass is 19.1. The molecule has 0 unspecified atom stereocenters. The van der Waals surface area contributed by atoms with Crippen molar-refractivity contribution in [3.63, 3.8) is 0 Å². The second-order valence-electron chi connectivity index (χ2n) is 4.82. The molecule has 0 radical (unpaired) electrons. The number of amides is 1. The molecule has 0 bridgehead atoms. The lowest BCUT2D eigenvalue weighted by Crippen LogP contribution is -2.25. The Morgan fingerprint density at radius 3 is 2.58 bits per heavy atom. The van der Waals surface area contributed by atoms with Crippen LogP contribution < -0.4 is 5.32 Å². The van der Waals surface area contributed by atoms with Gasteiger partial charge < -0.3 is 5.32 Å². The van der Waals surface area contributed by atoms with Gasteiger partial charge in [-0.2, -0.15) is 0 Å². The third-order valence-corrected chi connectivity index (χ3v) is 3.58. The summed E-state index contributed by atoms with van der Waals surface area (Å²) in [6.07, 6.45) is 0.792. The summed E-state index contributed by atoms with van der Waals surface area (Å²) < 4.78 is 13.0. The number of carbonyl (C=O) groups excluding carboxylic acids is 1. The van der Waals surface area contributed by atoms with Gasteiger partial charge in [-0.3, -0.25) is 4.79 Å². The molecule has 0 saturated heterocycles. The monoisotopic (exact) mass is 255 g/mol. The number of rotatable bonds is 1. The number of benzene rings is 2. The summed E-state index contributed by atoms with van der Waals surface area (Å²) in [6, 6.07) is 14.2. The van der Waals surface area contributed by atoms with Crippen molar-refractivity contribution >= 4 is 5.91 Å². The smallest absolute Gasteiger partial charge is 0.251 e. The van der Waals surface area contributed by atoms with Gasteiger partial charge in [0.2, 0.25) is 0 Å². The van der Waals surface area contributed by atoms with E-state index in [-0.39, 0.29) is 17.6 Å². The van der Waals surface area contributed by atoms with Gasteiger partial charge in [-0.15, -0.1) is 0 Å². The van der Waals surface area contributed by atoms with E-state index in [9.17, 15) is 9.18 Å². The van der Waals surface area contributed by atoms with E-state index in [1.807, 2.05) is 24.3 Å². The molecule has 3 rings (SSSR count). The normalized spacial score (nSPS) is 18.4. The van der Waals surface area contributed by atoms with E-state index in [1.54, 1.807) is 12.1 Å². The van der Waals surface area contributed by atoms with E-state index >= 15 is 0 Å². The molecule has 0 aromatic heterocycles. The maximum Gasteiger partial charge on any atom is 0.251 e. The minimum atomic E-state index is -0.234. The minimum absolute atomic E-state index is 0.0276. The highest BCUT2D eigenvalue weighted by Crippen LogP contribution is 2.25. The topological polar surface area (TPSA) is 29.1 Å². The average molecular weight is 255 g/mol. The highest BCUT2D eigenvalue weighted by molar-refractivity contribution is 5.96. The number of nitrogens with one attached hydrogen (secondary N) is 1. The van der Waals surface area contributed by atoms with Crippen LogP contribution in [0, 0.1) is 5.82 Å². The average Bonchev–Trinajstić information content (AvgIpc) is 2.60. The number of fused-ring (bicyclic) bond motifs is 1. The summed E-state index contributed by atoms with van der Waals surface area (Å²) in [4.78, 5) is 12.0. The highest BCUT2D eigenvalue weighted by Gasteiger charge is 2.22. The van der Waals surface area contributed by atoms with Gasteiger partial charge in [0, 0.05) is 18.0 Å². The molecule has 96 valence electrons. The van der Waals surface area contributed by atoms with Gasteiger partial charge in [-0.1, -0.05) is 30.3 Å². The van der Waals surface area contributed by atoms with Crippen LogP contribution in [0.3, 0.4) is 0 Å². The Morgan fingerprint density at radius 1 is 1.05 bits per heavy atom. The Labute approximate surface area is 111 Å². The van der Waals surface area contributed by atoms with Crippen LogP contribution in [0.2, 0.25) is 0 Å². The quantitative estimate of drug-likeness (QED) is 0.834. The van der Waals surface area contributed by atoms with Crippen LogP contribution in [0.5, 0.6) is 0 Å². The zero-order valence-corrected chi connectivity index (χ0v) is 10.4. The molecule has 1 aliphatic heterocycles. The molecule has 2 aromatic rings. The molecule has 2 aromatic carbocycles. The molecular weight excluding hydrogens is 241 g/mol. The van der Waals surface area contributed by atoms with E-state index < -0.39 is 0 Å². The third kappa shape index (κ3) is 2.36. The van der Waals surface area contributed by atoms with Crippen molar-refractivity contribution < 1.29 is 9.18 Å². The first-order chi connectivity index (χ1) is 9.24. The molecule has 1 atom stereocenters.